The predicted octanol–water partition coefficient (Wildman–Crippen LogP) is 2.56. The van der Waals surface area contributed by atoms with Gasteiger partial charge in [-0.3, -0.25) is 9.59 Å². The zero-order valence-corrected chi connectivity index (χ0v) is 23.8. The normalized spacial score (nSPS) is 21.1. The Balaban J connectivity index is 1.47. The van der Waals surface area contributed by atoms with Gasteiger partial charge in [0.1, 0.15) is 17.4 Å². The molecule has 2 aromatic heterocycles. The van der Waals surface area contributed by atoms with Gasteiger partial charge in [0.05, 0.1) is 19.3 Å². The Bertz CT molecular complexity index is 1440. The van der Waals surface area contributed by atoms with Crippen molar-refractivity contribution in [2.45, 2.75) is 56.8 Å². The third-order valence-electron chi connectivity index (χ3n) is 6.87. The molecule has 3 aromatic rings. The van der Waals surface area contributed by atoms with Gasteiger partial charge in [-0.15, -0.1) is 0 Å². The van der Waals surface area contributed by atoms with Crippen molar-refractivity contribution in [3.8, 4) is 5.75 Å². The van der Waals surface area contributed by atoms with Crippen LogP contribution >= 0.6 is 0 Å². The summed E-state index contributed by atoms with van der Waals surface area (Å²) in [6.07, 6.45) is 0.950. The molecule has 0 spiro atoms. The fraction of sp³-hybridized carbons (Fsp3) is 0.464. The number of fused-ring (bicyclic) bond motifs is 1. The van der Waals surface area contributed by atoms with Crippen molar-refractivity contribution < 1.29 is 32.3 Å². The quantitative estimate of drug-likeness (QED) is 0.354. The smallest absolute Gasteiger partial charge is 0.287 e. The molecule has 0 saturated carbocycles. The van der Waals surface area contributed by atoms with E-state index in [1.165, 1.54) is 16.6 Å². The first-order valence-corrected chi connectivity index (χ1v) is 14.7. The number of rotatable bonds is 9. The summed E-state index contributed by atoms with van der Waals surface area (Å²) in [5.41, 5.74) is 0.511. The summed E-state index contributed by atoms with van der Waals surface area (Å²) in [5.74, 6) is -0.404. The minimum Gasteiger partial charge on any atom is -0.497 e. The summed E-state index contributed by atoms with van der Waals surface area (Å²) < 4.78 is 38.4. The molecule has 0 aliphatic carbocycles. The first kappa shape index (κ1) is 29.5. The average molecular weight is 573 g/mol. The van der Waals surface area contributed by atoms with Gasteiger partial charge in [-0.25, -0.2) is 13.4 Å². The summed E-state index contributed by atoms with van der Waals surface area (Å²) in [4.78, 5) is 30.4. The Kier molecular flexibility index (Phi) is 9.12. The van der Waals surface area contributed by atoms with Gasteiger partial charge in [0.25, 0.3) is 15.9 Å². The molecular formula is C28H36N4O7S. The molecule has 4 rings (SSSR count). The number of ether oxygens (including phenoxy) is 1. The van der Waals surface area contributed by atoms with E-state index in [9.17, 15) is 23.1 Å². The maximum Gasteiger partial charge on any atom is 0.287 e. The van der Waals surface area contributed by atoms with Crippen LogP contribution in [0.25, 0.3) is 11.0 Å². The summed E-state index contributed by atoms with van der Waals surface area (Å²) >= 11 is 0. The van der Waals surface area contributed by atoms with Crippen LogP contribution in [0.4, 0.5) is 0 Å². The number of amides is 2. The van der Waals surface area contributed by atoms with Crippen LogP contribution in [-0.4, -0.2) is 73.0 Å². The van der Waals surface area contributed by atoms with Gasteiger partial charge < -0.3 is 24.9 Å². The van der Waals surface area contributed by atoms with E-state index in [2.05, 4.69) is 15.6 Å². The number of hydrogen-bond acceptors (Lipinski definition) is 8. The molecule has 1 aliphatic heterocycles. The van der Waals surface area contributed by atoms with Gasteiger partial charge in [0, 0.05) is 24.7 Å². The predicted molar refractivity (Wildman–Crippen MR) is 148 cm³/mol. The van der Waals surface area contributed by atoms with Crippen LogP contribution in [0.3, 0.4) is 0 Å². The van der Waals surface area contributed by atoms with Crippen molar-refractivity contribution in [2.75, 3.05) is 20.2 Å². The number of aliphatic hydroxyl groups is 1. The molecule has 3 unspecified atom stereocenters. The minimum atomic E-state index is -3.92. The van der Waals surface area contributed by atoms with Crippen molar-refractivity contribution in [1.29, 1.82) is 0 Å². The molecule has 3 heterocycles. The molecule has 3 N–H and O–H groups in total. The Labute approximate surface area is 234 Å². The second-order valence-electron chi connectivity index (χ2n) is 10.7. The van der Waals surface area contributed by atoms with Gasteiger partial charge >= 0.3 is 0 Å². The molecule has 1 aromatic carbocycles. The number of pyridine rings is 1. The van der Waals surface area contributed by atoms with Crippen LogP contribution in [0.15, 0.2) is 58.1 Å². The van der Waals surface area contributed by atoms with Crippen LogP contribution in [0.2, 0.25) is 0 Å². The van der Waals surface area contributed by atoms with E-state index < -0.39 is 40.0 Å². The third kappa shape index (κ3) is 6.80. The van der Waals surface area contributed by atoms with Crippen molar-refractivity contribution in [2.24, 2.45) is 11.8 Å². The number of methoxy groups -OCH3 is 1. The first-order chi connectivity index (χ1) is 19.0. The number of sulfonamides is 1. The molecule has 0 radical (unpaired) electrons. The minimum absolute atomic E-state index is 0.0586. The highest BCUT2D eigenvalue weighted by Crippen LogP contribution is 2.25. The van der Waals surface area contributed by atoms with Crippen LogP contribution in [-0.2, 0) is 14.8 Å². The number of nitrogens with one attached hydrogen (secondary N) is 2. The van der Waals surface area contributed by atoms with Crippen LogP contribution in [0.1, 0.15) is 44.2 Å². The number of aliphatic hydroxyl groups excluding tert-OH is 1. The van der Waals surface area contributed by atoms with Crippen molar-refractivity contribution in [3.63, 3.8) is 0 Å². The molecular weight excluding hydrogens is 536 g/mol. The lowest BCUT2D eigenvalue weighted by atomic mass is 9.98. The van der Waals surface area contributed by atoms with Crippen LogP contribution < -0.4 is 15.4 Å². The summed E-state index contributed by atoms with van der Waals surface area (Å²) in [6.45, 7) is 5.71. The molecule has 0 bridgehead atoms. The summed E-state index contributed by atoms with van der Waals surface area (Å²) in [6, 6.07) is 9.79. The lowest BCUT2D eigenvalue weighted by Gasteiger charge is -2.27. The first-order valence-electron chi connectivity index (χ1n) is 13.3. The third-order valence-corrected chi connectivity index (χ3v) is 8.62. The van der Waals surface area contributed by atoms with E-state index in [0.717, 1.165) is 0 Å². The largest absolute Gasteiger partial charge is 0.497 e. The van der Waals surface area contributed by atoms with E-state index in [1.807, 2.05) is 20.8 Å². The SMILES string of the molecule is COc1ccc2oc(C(=O)NC(CC(C)C)C(=O)NC3CC(C)CN(S(=O)(=O)c4ccccn4)C[C@@H]3O)cc2c1. The number of hydrogen-bond donors (Lipinski definition) is 3. The number of carbonyl (C=O) groups is 2. The molecule has 1 saturated heterocycles. The van der Waals surface area contributed by atoms with E-state index in [4.69, 9.17) is 9.15 Å². The van der Waals surface area contributed by atoms with E-state index in [1.54, 1.807) is 43.5 Å². The molecule has 4 atom stereocenters. The lowest BCUT2D eigenvalue weighted by molar-refractivity contribution is -0.125. The zero-order valence-electron chi connectivity index (χ0n) is 23.0. The second kappa shape index (κ2) is 12.4. The van der Waals surface area contributed by atoms with Gasteiger partial charge in [-0.2, -0.15) is 4.31 Å². The molecule has 1 aliphatic rings. The second-order valence-corrected chi connectivity index (χ2v) is 12.6. The van der Waals surface area contributed by atoms with E-state index in [0.29, 0.717) is 29.6 Å². The summed E-state index contributed by atoms with van der Waals surface area (Å²) in [7, 11) is -2.37. The van der Waals surface area contributed by atoms with Gasteiger partial charge in [-0.05, 0) is 61.1 Å². The number of aromatic nitrogens is 1. The average Bonchev–Trinajstić information content (AvgIpc) is 3.29. The number of β-amino-alcohol motifs (C(OH)–C–C–N with tert-alkyl or cyclic N) is 1. The number of carbonyl (C=O) groups excluding carboxylic acids is 2. The van der Waals surface area contributed by atoms with Gasteiger partial charge in [-0.1, -0.05) is 26.8 Å². The van der Waals surface area contributed by atoms with Crippen molar-refractivity contribution in [3.05, 3.63) is 54.4 Å². The Hall–Kier alpha value is -3.48. The van der Waals surface area contributed by atoms with Gasteiger partial charge in [0.2, 0.25) is 5.91 Å². The number of furan rings is 1. The Morgan fingerprint density at radius 3 is 2.65 bits per heavy atom. The van der Waals surface area contributed by atoms with Gasteiger partial charge in [0.15, 0.2) is 10.8 Å². The zero-order chi connectivity index (χ0) is 29.0. The molecule has 2 amide bonds. The molecule has 12 heteroatoms. The molecule has 11 nitrogen and oxygen atoms in total. The Morgan fingerprint density at radius 2 is 1.98 bits per heavy atom. The standard InChI is InChI=1S/C28H36N4O7S/c1-17(2)11-22(31-28(35)25-14-19-13-20(38-4)8-9-24(19)39-25)27(34)30-21-12-18(3)15-32(16-23(21)33)40(36,37)26-7-5-6-10-29-26/h5-10,13-14,17-18,21-23,33H,11-12,15-16H2,1-4H3,(H,30,34)(H,31,35)/t18?,21?,22?,23-/m0/s1. The number of nitrogens with zero attached hydrogens (tertiary/aromatic N) is 2. The molecule has 216 valence electrons. The fourth-order valence-electron chi connectivity index (χ4n) is 4.88. The highest BCUT2D eigenvalue weighted by molar-refractivity contribution is 7.89. The number of benzene rings is 1. The maximum atomic E-state index is 13.4. The van der Waals surface area contributed by atoms with Crippen LogP contribution in [0.5, 0.6) is 5.75 Å². The van der Waals surface area contributed by atoms with E-state index >= 15 is 0 Å². The van der Waals surface area contributed by atoms with Crippen molar-refractivity contribution >= 4 is 32.8 Å². The molecule has 40 heavy (non-hydrogen) atoms. The van der Waals surface area contributed by atoms with E-state index in [-0.39, 0.29) is 35.7 Å². The Morgan fingerprint density at radius 1 is 1.20 bits per heavy atom. The maximum absolute atomic E-state index is 13.4. The van der Waals surface area contributed by atoms with Crippen LogP contribution in [0, 0.1) is 11.8 Å². The fourth-order valence-corrected chi connectivity index (χ4v) is 6.39. The monoisotopic (exact) mass is 572 g/mol. The van der Waals surface area contributed by atoms with Crippen molar-refractivity contribution in [1.82, 2.24) is 19.9 Å². The topological polar surface area (TPSA) is 151 Å². The highest BCUT2D eigenvalue weighted by atomic mass is 32.2. The summed E-state index contributed by atoms with van der Waals surface area (Å²) in [5, 5.41) is 17.2. The highest BCUT2D eigenvalue weighted by Gasteiger charge is 2.37. The lowest BCUT2D eigenvalue weighted by Crippen LogP contribution is -2.54. The molecule has 1 fully saturated rings.